The Morgan fingerprint density at radius 3 is 2.79 bits per heavy atom. The highest BCUT2D eigenvalue weighted by Crippen LogP contribution is 2.40. The summed E-state index contributed by atoms with van der Waals surface area (Å²) in [5.74, 6) is 1.20. The largest absolute Gasteiger partial charge is 0.333 e. The number of benzene rings is 1. The summed E-state index contributed by atoms with van der Waals surface area (Å²) in [7, 11) is -3.84. The van der Waals surface area contributed by atoms with Crippen molar-refractivity contribution in [3.63, 3.8) is 0 Å². The maximum absolute atomic E-state index is 13.0. The molecule has 2 N–H and O–H groups in total. The summed E-state index contributed by atoms with van der Waals surface area (Å²) in [5.41, 5.74) is 1.48. The summed E-state index contributed by atoms with van der Waals surface area (Å²) in [5, 5.41) is 8.49. The normalized spacial score (nSPS) is 14.0. The lowest BCUT2D eigenvalue weighted by Gasteiger charge is -2.12. The first-order valence-corrected chi connectivity index (χ1v) is 11.6. The molecule has 10 heteroatoms. The van der Waals surface area contributed by atoms with Crippen molar-refractivity contribution in [2.24, 2.45) is 0 Å². The number of nitrogens with one attached hydrogen (secondary N) is 2. The third-order valence-electron chi connectivity index (χ3n) is 4.56. The van der Waals surface area contributed by atoms with Crippen LogP contribution in [0.1, 0.15) is 43.5 Å². The molecule has 2 heterocycles. The van der Waals surface area contributed by atoms with Gasteiger partial charge in [-0.1, -0.05) is 12.1 Å². The highest BCUT2D eigenvalue weighted by atomic mass is 32.2. The number of aromatic nitrogens is 2. The standard InChI is InChI=1S/C19H20N4O4S2/c1-3-16(24)20-13-6-7-15(11(2)10-13)29(25,26)23-14-8-9-28-17(14)19-21-18(22-27-19)12-4-5-12/h6-10,12,23H,3-5H2,1-2H3,(H,20,24). The molecule has 1 amide bonds. The number of carbonyl (C=O) groups excluding carboxylic acids is 1. The van der Waals surface area contributed by atoms with E-state index in [1.54, 1.807) is 37.4 Å². The summed E-state index contributed by atoms with van der Waals surface area (Å²) in [6.45, 7) is 3.44. The second-order valence-corrected chi connectivity index (χ2v) is 9.45. The monoisotopic (exact) mass is 432 g/mol. The third-order valence-corrected chi connectivity index (χ3v) is 6.99. The Labute approximate surface area is 172 Å². The summed E-state index contributed by atoms with van der Waals surface area (Å²) in [6, 6.07) is 6.36. The lowest BCUT2D eigenvalue weighted by Crippen LogP contribution is -2.15. The van der Waals surface area contributed by atoms with E-state index in [0.29, 0.717) is 45.9 Å². The van der Waals surface area contributed by atoms with Gasteiger partial charge >= 0.3 is 0 Å². The van der Waals surface area contributed by atoms with Crippen LogP contribution in [-0.2, 0) is 14.8 Å². The van der Waals surface area contributed by atoms with Crippen LogP contribution in [0.4, 0.5) is 11.4 Å². The first-order chi connectivity index (χ1) is 13.9. The van der Waals surface area contributed by atoms with Crippen LogP contribution in [0.15, 0.2) is 39.1 Å². The van der Waals surface area contributed by atoms with Crippen LogP contribution in [-0.4, -0.2) is 24.5 Å². The Kier molecular flexibility index (Phi) is 5.13. The van der Waals surface area contributed by atoms with E-state index < -0.39 is 10.0 Å². The van der Waals surface area contributed by atoms with Crippen LogP contribution >= 0.6 is 11.3 Å². The number of aryl methyl sites for hydroxylation is 1. The van der Waals surface area contributed by atoms with Gasteiger partial charge in [0.05, 0.1) is 10.6 Å². The average molecular weight is 433 g/mol. The lowest BCUT2D eigenvalue weighted by atomic mass is 10.2. The summed E-state index contributed by atoms with van der Waals surface area (Å²) >= 11 is 1.33. The molecule has 0 spiro atoms. The van der Waals surface area contributed by atoms with Gasteiger partial charge in [0.15, 0.2) is 5.82 Å². The van der Waals surface area contributed by atoms with Gasteiger partial charge in [0.2, 0.25) is 5.91 Å². The van der Waals surface area contributed by atoms with Crippen LogP contribution in [0.25, 0.3) is 10.8 Å². The number of carbonyl (C=O) groups is 1. The van der Waals surface area contributed by atoms with E-state index in [1.165, 1.54) is 17.4 Å². The number of thiophene rings is 1. The van der Waals surface area contributed by atoms with E-state index >= 15 is 0 Å². The van der Waals surface area contributed by atoms with Gasteiger partial charge < -0.3 is 9.84 Å². The minimum Gasteiger partial charge on any atom is -0.333 e. The molecule has 29 heavy (non-hydrogen) atoms. The van der Waals surface area contributed by atoms with Crippen molar-refractivity contribution in [1.29, 1.82) is 0 Å². The summed E-state index contributed by atoms with van der Waals surface area (Å²) < 4.78 is 33.9. The van der Waals surface area contributed by atoms with Crippen LogP contribution in [0, 0.1) is 6.92 Å². The molecule has 1 aliphatic carbocycles. The van der Waals surface area contributed by atoms with Crippen molar-refractivity contribution < 1.29 is 17.7 Å². The fourth-order valence-electron chi connectivity index (χ4n) is 2.87. The molecule has 8 nitrogen and oxygen atoms in total. The second-order valence-electron chi connectivity index (χ2n) is 6.88. The summed E-state index contributed by atoms with van der Waals surface area (Å²) in [6.07, 6.45) is 2.45. The lowest BCUT2D eigenvalue weighted by molar-refractivity contribution is -0.115. The smallest absolute Gasteiger partial charge is 0.270 e. The van der Waals surface area contributed by atoms with Crippen molar-refractivity contribution in [3.05, 3.63) is 41.0 Å². The zero-order chi connectivity index (χ0) is 20.6. The molecule has 3 aromatic rings. The van der Waals surface area contributed by atoms with Crippen molar-refractivity contribution >= 4 is 38.6 Å². The molecular weight excluding hydrogens is 412 g/mol. The van der Waals surface area contributed by atoms with E-state index in [1.807, 2.05) is 0 Å². The highest BCUT2D eigenvalue weighted by molar-refractivity contribution is 7.92. The zero-order valence-corrected chi connectivity index (χ0v) is 17.6. The maximum atomic E-state index is 13.0. The van der Waals surface area contributed by atoms with Gasteiger partial charge in [0, 0.05) is 18.0 Å². The fourth-order valence-corrected chi connectivity index (χ4v) is 5.00. The van der Waals surface area contributed by atoms with E-state index in [0.717, 1.165) is 12.8 Å². The molecule has 0 saturated heterocycles. The molecule has 1 aromatic carbocycles. The number of amides is 1. The Morgan fingerprint density at radius 1 is 1.31 bits per heavy atom. The van der Waals surface area contributed by atoms with E-state index in [-0.39, 0.29) is 10.8 Å². The number of hydrogen-bond donors (Lipinski definition) is 2. The number of nitrogens with zero attached hydrogens (tertiary/aromatic N) is 2. The predicted molar refractivity (Wildman–Crippen MR) is 110 cm³/mol. The van der Waals surface area contributed by atoms with Crippen molar-refractivity contribution in [3.8, 4) is 10.8 Å². The third kappa shape index (κ3) is 4.18. The number of anilines is 2. The Hall–Kier alpha value is -2.72. The van der Waals surface area contributed by atoms with Gasteiger partial charge in [-0.25, -0.2) is 8.42 Å². The molecule has 0 unspecified atom stereocenters. The number of sulfonamides is 1. The maximum Gasteiger partial charge on any atom is 0.270 e. The van der Waals surface area contributed by atoms with Crippen LogP contribution in [0.2, 0.25) is 0 Å². The Balaban J connectivity index is 1.58. The Bertz CT molecular complexity index is 1160. The second kappa shape index (κ2) is 7.60. The average Bonchev–Trinajstić information content (AvgIpc) is 3.23. The molecule has 152 valence electrons. The van der Waals surface area contributed by atoms with Gasteiger partial charge in [-0.3, -0.25) is 9.52 Å². The molecule has 0 bridgehead atoms. The molecule has 4 rings (SSSR count). The zero-order valence-electron chi connectivity index (χ0n) is 15.9. The molecule has 1 aliphatic rings. The molecular formula is C19H20N4O4S2. The topological polar surface area (TPSA) is 114 Å². The minimum atomic E-state index is -3.84. The quantitative estimate of drug-likeness (QED) is 0.580. The van der Waals surface area contributed by atoms with Crippen LogP contribution in [0.5, 0.6) is 0 Å². The molecule has 0 radical (unpaired) electrons. The van der Waals surface area contributed by atoms with Gasteiger partial charge in [0.25, 0.3) is 15.9 Å². The first kappa shape index (κ1) is 19.6. The van der Waals surface area contributed by atoms with Crippen LogP contribution < -0.4 is 10.0 Å². The van der Waals surface area contributed by atoms with Crippen molar-refractivity contribution in [1.82, 2.24) is 10.1 Å². The molecule has 0 aliphatic heterocycles. The highest BCUT2D eigenvalue weighted by Gasteiger charge is 2.30. The minimum absolute atomic E-state index is 0.133. The predicted octanol–water partition coefficient (Wildman–Crippen LogP) is 4.13. The van der Waals surface area contributed by atoms with E-state index in [9.17, 15) is 13.2 Å². The van der Waals surface area contributed by atoms with Gasteiger partial charge in [0.1, 0.15) is 4.88 Å². The molecule has 0 atom stereocenters. The first-order valence-electron chi connectivity index (χ1n) is 9.22. The molecule has 2 aromatic heterocycles. The molecule has 1 fully saturated rings. The SMILES string of the molecule is CCC(=O)Nc1ccc(S(=O)(=O)Nc2ccsc2-c2nc(C3CC3)no2)c(C)c1. The van der Waals surface area contributed by atoms with Crippen LogP contribution in [0.3, 0.4) is 0 Å². The van der Waals surface area contributed by atoms with E-state index in [2.05, 4.69) is 20.2 Å². The van der Waals surface area contributed by atoms with Gasteiger partial charge in [-0.05, 0) is 55.0 Å². The van der Waals surface area contributed by atoms with E-state index in [4.69, 9.17) is 4.52 Å². The van der Waals surface area contributed by atoms with Crippen molar-refractivity contribution in [2.75, 3.05) is 10.0 Å². The van der Waals surface area contributed by atoms with Crippen molar-refractivity contribution in [2.45, 2.75) is 43.9 Å². The number of rotatable bonds is 7. The fraction of sp³-hybridized carbons (Fsp3) is 0.316. The molecule has 1 saturated carbocycles. The Morgan fingerprint density at radius 2 is 2.10 bits per heavy atom. The van der Waals surface area contributed by atoms with Gasteiger partial charge in [-0.15, -0.1) is 11.3 Å². The number of hydrogen-bond acceptors (Lipinski definition) is 7. The van der Waals surface area contributed by atoms with Gasteiger partial charge in [-0.2, -0.15) is 4.98 Å². The summed E-state index contributed by atoms with van der Waals surface area (Å²) in [4.78, 5) is 16.7.